The first-order valence-corrected chi connectivity index (χ1v) is 6.04. The molecule has 1 saturated carbocycles. The maximum atomic E-state index is 11.5. The van der Waals surface area contributed by atoms with Gasteiger partial charge in [0.25, 0.3) is 0 Å². The van der Waals surface area contributed by atoms with E-state index in [1.165, 1.54) is 12.8 Å². The van der Waals surface area contributed by atoms with Gasteiger partial charge in [0.1, 0.15) is 6.10 Å². The average Bonchev–Trinajstić information content (AvgIpc) is 2.25. The van der Waals surface area contributed by atoms with Gasteiger partial charge in [-0.25, -0.2) is 0 Å². The molecule has 0 aromatic rings. The van der Waals surface area contributed by atoms with Gasteiger partial charge in [0.2, 0.25) is 5.91 Å². The van der Waals surface area contributed by atoms with Gasteiger partial charge in [-0.2, -0.15) is 0 Å². The Morgan fingerprint density at radius 2 is 2.27 bits per heavy atom. The molecule has 1 fully saturated rings. The van der Waals surface area contributed by atoms with Crippen molar-refractivity contribution in [3.63, 3.8) is 0 Å². The first-order valence-electron chi connectivity index (χ1n) is 6.04. The first kappa shape index (κ1) is 12.5. The van der Waals surface area contributed by atoms with Crippen molar-refractivity contribution in [2.45, 2.75) is 58.2 Å². The number of ether oxygens (including phenoxy) is 1. The van der Waals surface area contributed by atoms with E-state index >= 15 is 0 Å². The summed E-state index contributed by atoms with van der Waals surface area (Å²) in [5.74, 6) is 0.752. The van der Waals surface area contributed by atoms with Crippen LogP contribution in [0.4, 0.5) is 0 Å². The second kappa shape index (κ2) is 6.11. The second-order valence-electron chi connectivity index (χ2n) is 4.54. The summed E-state index contributed by atoms with van der Waals surface area (Å²) in [4.78, 5) is 11.5. The summed E-state index contributed by atoms with van der Waals surface area (Å²) in [6.07, 6.45) is 5.53. The number of amides is 1. The van der Waals surface area contributed by atoms with E-state index in [1.54, 1.807) is 7.05 Å². The highest BCUT2D eigenvalue weighted by Gasteiger charge is 2.24. The van der Waals surface area contributed by atoms with Crippen LogP contribution in [0.2, 0.25) is 0 Å². The highest BCUT2D eigenvalue weighted by Crippen LogP contribution is 2.26. The largest absolute Gasteiger partial charge is 0.365 e. The van der Waals surface area contributed by atoms with E-state index < -0.39 is 0 Å². The summed E-state index contributed by atoms with van der Waals surface area (Å²) < 4.78 is 5.85. The first-order chi connectivity index (χ1) is 7.17. The summed E-state index contributed by atoms with van der Waals surface area (Å²) >= 11 is 0. The highest BCUT2D eigenvalue weighted by atomic mass is 16.5. The molecule has 0 saturated heterocycles. The molecule has 0 aliphatic heterocycles. The van der Waals surface area contributed by atoms with Crippen molar-refractivity contribution in [3.05, 3.63) is 0 Å². The van der Waals surface area contributed by atoms with Gasteiger partial charge in [0.15, 0.2) is 0 Å². The third-order valence-electron chi connectivity index (χ3n) is 3.15. The summed E-state index contributed by atoms with van der Waals surface area (Å²) in [5.41, 5.74) is 0. The van der Waals surface area contributed by atoms with E-state index in [4.69, 9.17) is 4.74 Å². The van der Waals surface area contributed by atoms with E-state index in [1.807, 2.05) is 6.92 Å². The van der Waals surface area contributed by atoms with Gasteiger partial charge < -0.3 is 10.1 Å². The fourth-order valence-corrected chi connectivity index (χ4v) is 2.24. The lowest BCUT2D eigenvalue weighted by molar-refractivity contribution is -0.138. The molecule has 0 radical (unpaired) electrons. The number of nitrogens with one attached hydrogen (secondary N) is 1. The highest BCUT2D eigenvalue weighted by molar-refractivity contribution is 5.80. The predicted octanol–water partition coefficient (Wildman–Crippen LogP) is 2.11. The molecule has 15 heavy (non-hydrogen) atoms. The Bertz CT molecular complexity index is 206. The van der Waals surface area contributed by atoms with Crippen LogP contribution in [-0.4, -0.2) is 25.2 Å². The fourth-order valence-electron chi connectivity index (χ4n) is 2.24. The zero-order chi connectivity index (χ0) is 11.3. The molecule has 1 rings (SSSR count). The minimum absolute atomic E-state index is 0.00993. The smallest absolute Gasteiger partial charge is 0.248 e. The van der Waals surface area contributed by atoms with E-state index in [9.17, 15) is 4.79 Å². The SMILES string of the molecule is CC[C@H](O[C@@H]1CCC[C@H](C)C1)C(=O)NC. The molecular formula is C12H23NO2. The fraction of sp³-hybridized carbons (Fsp3) is 0.917. The normalized spacial score (nSPS) is 28.5. The van der Waals surface area contributed by atoms with Crippen LogP contribution in [0.15, 0.2) is 0 Å². The van der Waals surface area contributed by atoms with Crippen molar-refractivity contribution in [1.82, 2.24) is 5.32 Å². The molecule has 3 heteroatoms. The monoisotopic (exact) mass is 213 g/mol. The van der Waals surface area contributed by atoms with Crippen molar-refractivity contribution < 1.29 is 9.53 Å². The maximum absolute atomic E-state index is 11.5. The average molecular weight is 213 g/mol. The third kappa shape index (κ3) is 3.82. The van der Waals surface area contributed by atoms with Crippen LogP contribution in [0.25, 0.3) is 0 Å². The zero-order valence-electron chi connectivity index (χ0n) is 10.1. The Morgan fingerprint density at radius 3 is 2.80 bits per heavy atom. The number of likely N-dealkylation sites (N-methyl/N-ethyl adjacent to an activating group) is 1. The van der Waals surface area contributed by atoms with Gasteiger partial charge in [0, 0.05) is 7.05 Å². The summed E-state index contributed by atoms with van der Waals surface area (Å²) in [6.45, 7) is 4.25. The van der Waals surface area contributed by atoms with Crippen molar-refractivity contribution in [3.8, 4) is 0 Å². The Morgan fingerprint density at radius 1 is 1.53 bits per heavy atom. The summed E-state index contributed by atoms with van der Waals surface area (Å²) in [6, 6.07) is 0. The molecule has 0 unspecified atom stereocenters. The van der Waals surface area contributed by atoms with Crippen LogP contribution in [0.1, 0.15) is 46.0 Å². The standard InChI is InChI=1S/C12H23NO2/c1-4-11(12(14)13-3)15-10-7-5-6-9(2)8-10/h9-11H,4-8H2,1-3H3,(H,13,14)/t9-,10+,11-/m0/s1. The van der Waals surface area contributed by atoms with Crippen LogP contribution < -0.4 is 5.32 Å². The van der Waals surface area contributed by atoms with E-state index in [2.05, 4.69) is 12.2 Å². The van der Waals surface area contributed by atoms with Gasteiger partial charge >= 0.3 is 0 Å². The summed E-state index contributed by atoms with van der Waals surface area (Å²) in [5, 5.41) is 2.65. The molecule has 88 valence electrons. The van der Waals surface area contributed by atoms with Gasteiger partial charge in [-0.3, -0.25) is 4.79 Å². The van der Waals surface area contributed by atoms with Gasteiger partial charge in [-0.05, 0) is 25.2 Å². The Hall–Kier alpha value is -0.570. The zero-order valence-corrected chi connectivity index (χ0v) is 10.1. The lowest BCUT2D eigenvalue weighted by atomic mass is 9.88. The molecule has 1 aliphatic rings. The topological polar surface area (TPSA) is 38.3 Å². The van der Waals surface area contributed by atoms with E-state index in [0.29, 0.717) is 0 Å². The molecular weight excluding hydrogens is 190 g/mol. The maximum Gasteiger partial charge on any atom is 0.248 e. The molecule has 1 N–H and O–H groups in total. The third-order valence-corrected chi connectivity index (χ3v) is 3.15. The molecule has 3 atom stereocenters. The van der Waals surface area contributed by atoms with E-state index in [0.717, 1.165) is 25.2 Å². The van der Waals surface area contributed by atoms with Crippen molar-refractivity contribution in [1.29, 1.82) is 0 Å². The molecule has 0 aromatic carbocycles. The summed E-state index contributed by atoms with van der Waals surface area (Å²) in [7, 11) is 1.66. The van der Waals surface area contributed by atoms with Crippen molar-refractivity contribution in [2.24, 2.45) is 5.92 Å². The van der Waals surface area contributed by atoms with Crippen LogP contribution >= 0.6 is 0 Å². The molecule has 0 bridgehead atoms. The molecule has 0 heterocycles. The van der Waals surface area contributed by atoms with Gasteiger partial charge in [-0.15, -0.1) is 0 Å². The van der Waals surface area contributed by atoms with Crippen molar-refractivity contribution >= 4 is 5.91 Å². The lowest BCUT2D eigenvalue weighted by Crippen LogP contribution is -2.37. The Labute approximate surface area is 92.6 Å². The van der Waals surface area contributed by atoms with Crippen LogP contribution in [0, 0.1) is 5.92 Å². The minimum Gasteiger partial charge on any atom is -0.365 e. The molecule has 1 aliphatic carbocycles. The minimum atomic E-state index is -0.259. The van der Waals surface area contributed by atoms with Gasteiger partial charge in [-0.1, -0.05) is 26.7 Å². The Balaban J connectivity index is 2.40. The van der Waals surface area contributed by atoms with E-state index in [-0.39, 0.29) is 18.1 Å². The second-order valence-corrected chi connectivity index (χ2v) is 4.54. The molecule has 0 aromatic heterocycles. The number of carbonyl (C=O) groups is 1. The quantitative estimate of drug-likeness (QED) is 0.776. The van der Waals surface area contributed by atoms with Crippen LogP contribution in [0.3, 0.4) is 0 Å². The number of hydrogen-bond acceptors (Lipinski definition) is 2. The lowest BCUT2D eigenvalue weighted by Gasteiger charge is -2.29. The molecule has 1 amide bonds. The van der Waals surface area contributed by atoms with Crippen molar-refractivity contribution in [2.75, 3.05) is 7.05 Å². The van der Waals surface area contributed by atoms with Crippen LogP contribution in [0.5, 0.6) is 0 Å². The molecule has 0 spiro atoms. The number of hydrogen-bond donors (Lipinski definition) is 1. The predicted molar refractivity (Wildman–Crippen MR) is 60.7 cm³/mol. The van der Waals surface area contributed by atoms with Gasteiger partial charge in [0.05, 0.1) is 6.10 Å². The molecule has 3 nitrogen and oxygen atoms in total. The van der Waals surface area contributed by atoms with Crippen LogP contribution in [-0.2, 0) is 9.53 Å². The number of carbonyl (C=O) groups excluding carboxylic acids is 1. The number of rotatable bonds is 4. The Kier molecular flexibility index (Phi) is 5.09.